The Morgan fingerprint density at radius 2 is 2.00 bits per heavy atom. The molecular weight excluding hydrogens is 245 g/mol. The molecule has 2 N–H and O–H groups in total. The average molecular weight is 258 g/mol. The summed E-state index contributed by atoms with van der Waals surface area (Å²) in [7, 11) is 0. The maximum Gasteiger partial charge on any atom is 0.282 e. The van der Waals surface area contributed by atoms with Crippen molar-refractivity contribution in [2.24, 2.45) is 10.7 Å². The van der Waals surface area contributed by atoms with Crippen molar-refractivity contribution in [3.63, 3.8) is 0 Å². The second-order valence-electron chi connectivity index (χ2n) is 4.18. The van der Waals surface area contributed by atoms with Gasteiger partial charge in [-0.05, 0) is 18.6 Å². The Labute approximate surface area is 102 Å². The Morgan fingerprint density at radius 1 is 1.33 bits per heavy atom. The quantitative estimate of drug-likeness (QED) is 0.901. The summed E-state index contributed by atoms with van der Waals surface area (Å²) in [5, 5.41) is 0. The van der Waals surface area contributed by atoms with Crippen molar-refractivity contribution < 1.29 is 17.9 Å². The van der Waals surface area contributed by atoms with Gasteiger partial charge < -0.3 is 10.5 Å². The van der Waals surface area contributed by atoms with Gasteiger partial charge >= 0.3 is 0 Å². The highest BCUT2D eigenvalue weighted by Gasteiger charge is 2.33. The Kier molecular flexibility index (Phi) is 3.45. The van der Waals surface area contributed by atoms with Gasteiger partial charge in [-0.15, -0.1) is 0 Å². The van der Waals surface area contributed by atoms with Gasteiger partial charge in [0.25, 0.3) is 11.9 Å². The summed E-state index contributed by atoms with van der Waals surface area (Å²) in [6, 6.07) is 3.97. The lowest BCUT2D eigenvalue weighted by Crippen LogP contribution is -2.17. The van der Waals surface area contributed by atoms with Crippen LogP contribution in [0.4, 0.5) is 13.2 Å². The number of benzene rings is 1. The van der Waals surface area contributed by atoms with Gasteiger partial charge in [0.1, 0.15) is 12.4 Å². The second-order valence-corrected chi connectivity index (χ2v) is 4.18. The van der Waals surface area contributed by atoms with Crippen LogP contribution in [-0.4, -0.2) is 18.7 Å². The fourth-order valence-electron chi connectivity index (χ4n) is 1.77. The molecule has 0 spiro atoms. The fourth-order valence-corrected chi connectivity index (χ4v) is 1.77. The molecule has 0 amide bonds. The normalized spacial score (nSPS) is 19.5. The first kappa shape index (κ1) is 12.7. The van der Waals surface area contributed by atoms with E-state index in [2.05, 4.69) is 4.99 Å². The zero-order valence-electron chi connectivity index (χ0n) is 9.57. The van der Waals surface area contributed by atoms with Crippen molar-refractivity contribution in [3.05, 3.63) is 35.6 Å². The van der Waals surface area contributed by atoms with Crippen LogP contribution in [0.15, 0.2) is 29.3 Å². The molecule has 0 unspecified atom stereocenters. The summed E-state index contributed by atoms with van der Waals surface area (Å²) in [5.41, 5.74) is 5.10. The molecule has 0 aromatic heterocycles. The first-order valence-corrected chi connectivity index (χ1v) is 5.57. The number of ether oxygens (including phenoxy) is 1. The Morgan fingerprint density at radius 3 is 2.56 bits per heavy atom. The topological polar surface area (TPSA) is 47.6 Å². The van der Waals surface area contributed by atoms with Crippen LogP contribution in [0.3, 0.4) is 0 Å². The van der Waals surface area contributed by atoms with Gasteiger partial charge in [-0.3, -0.25) is 0 Å². The molecule has 1 aliphatic heterocycles. The summed E-state index contributed by atoms with van der Waals surface area (Å²) in [4.78, 5) is 3.88. The van der Waals surface area contributed by atoms with Crippen LogP contribution in [0.25, 0.3) is 0 Å². The summed E-state index contributed by atoms with van der Waals surface area (Å²) in [5.74, 6) is -3.53. The molecular formula is C12H13F3N2O. The molecule has 1 atom stereocenters. The van der Waals surface area contributed by atoms with E-state index in [0.717, 1.165) is 24.3 Å². The Balaban J connectivity index is 1.96. The van der Waals surface area contributed by atoms with Crippen LogP contribution in [-0.2, 0) is 10.7 Å². The number of hydrogen-bond acceptors (Lipinski definition) is 3. The number of aliphatic imine (C=N–C) groups is 1. The van der Waals surface area contributed by atoms with Gasteiger partial charge in [-0.2, -0.15) is 0 Å². The standard InChI is InChI=1S/C12H13F3N2O/c13-9-3-1-8(2-4-9)12(14,15)6-5-10-7-18-11(16)17-10/h1-4,10H,5-7H2,(H2,16,17)/t10-/m0/s1. The number of nitrogens with two attached hydrogens (primary N) is 1. The highest BCUT2D eigenvalue weighted by atomic mass is 19.3. The van der Waals surface area contributed by atoms with Crippen LogP contribution in [0.1, 0.15) is 18.4 Å². The second kappa shape index (κ2) is 4.88. The maximum atomic E-state index is 13.8. The molecule has 1 aliphatic rings. The lowest BCUT2D eigenvalue weighted by atomic mass is 10.0. The summed E-state index contributed by atoms with van der Waals surface area (Å²) < 4.78 is 45.1. The van der Waals surface area contributed by atoms with Crippen LogP contribution in [0, 0.1) is 5.82 Å². The number of nitrogens with zero attached hydrogens (tertiary/aromatic N) is 1. The van der Waals surface area contributed by atoms with E-state index in [1.807, 2.05) is 0 Å². The molecule has 0 saturated heterocycles. The molecule has 6 heteroatoms. The van der Waals surface area contributed by atoms with Crippen molar-refractivity contribution in [3.8, 4) is 0 Å². The van der Waals surface area contributed by atoms with E-state index in [4.69, 9.17) is 10.5 Å². The van der Waals surface area contributed by atoms with Crippen LogP contribution in [0.2, 0.25) is 0 Å². The number of amidine groups is 1. The van der Waals surface area contributed by atoms with Gasteiger partial charge in [0, 0.05) is 12.0 Å². The number of hydrogen-bond donors (Lipinski definition) is 1. The molecule has 0 aliphatic carbocycles. The molecule has 2 rings (SSSR count). The molecule has 1 aromatic rings. The lowest BCUT2D eigenvalue weighted by Gasteiger charge is -2.17. The van der Waals surface area contributed by atoms with Gasteiger partial charge in [-0.1, -0.05) is 12.1 Å². The zero-order valence-corrected chi connectivity index (χ0v) is 9.57. The predicted molar refractivity (Wildman–Crippen MR) is 60.9 cm³/mol. The summed E-state index contributed by atoms with van der Waals surface area (Å²) in [6.07, 6.45) is -0.200. The number of halogens is 3. The Hall–Kier alpha value is -1.72. The van der Waals surface area contributed by atoms with Gasteiger partial charge in [0.05, 0.1) is 6.04 Å². The number of rotatable bonds is 4. The minimum Gasteiger partial charge on any atom is -0.463 e. The predicted octanol–water partition coefficient (Wildman–Crippen LogP) is 2.41. The van der Waals surface area contributed by atoms with Crippen molar-refractivity contribution in [1.82, 2.24) is 0 Å². The molecule has 3 nitrogen and oxygen atoms in total. The highest BCUT2D eigenvalue weighted by Crippen LogP contribution is 2.34. The Bertz CT molecular complexity index is 445. The van der Waals surface area contributed by atoms with Crippen molar-refractivity contribution >= 4 is 6.02 Å². The fraction of sp³-hybridized carbons (Fsp3) is 0.417. The summed E-state index contributed by atoms with van der Waals surface area (Å²) >= 11 is 0. The van der Waals surface area contributed by atoms with Crippen LogP contribution < -0.4 is 5.73 Å². The monoisotopic (exact) mass is 258 g/mol. The zero-order chi connectivity index (χ0) is 13.2. The first-order chi connectivity index (χ1) is 8.47. The van der Waals surface area contributed by atoms with E-state index >= 15 is 0 Å². The molecule has 0 saturated carbocycles. The van der Waals surface area contributed by atoms with Crippen molar-refractivity contribution in [2.45, 2.75) is 24.8 Å². The third-order valence-corrected chi connectivity index (χ3v) is 2.79. The van der Waals surface area contributed by atoms with Gasteiger partial charge in [-0.25, -0.2) is 18.2 Å². The molecule has 0 fully saturated rings. The molecule has 18 heavy (non-hydrogen) atoms. The molecule has 1 aromatic carbocycles. The van der Waals surface area contributed by atoms with E-state index in [-0.39, 0.29) is 37.1 Å². The minimum atomic E-state index is -3.00. The molecule has 1 heterocycles. The minimum absolute atomic E-state index is 0.0464. The summed E-state index contributed by atoms with van der Waals surface area (Å²) in [6.45, 7) is 0.241. The average Bonchev–Trinajstić information content (AvgIpc) is 2.73. The number of alkyl halides is 2. The third kappa shape index (κ3) is 2.94. The first-order valence-electron chi connectivity index (χ1n) is 5.57. The van der Waals surface area contributed by atoms with E-state index in [1.54, 1.807) is 0 Å². The van der Waals surface area contributed by atoms with Crippen molar-refractivity contribution in [2.75, 3.05) is 6.61 Å². The van der Waals surface area contributed by atoms with E-state index in [1.165, 1.54) is 0 Å². The van der Waals surface area contributed by atoms with Gasteiger partial charge in [0.2, 0.25) is 0 Å². The highest BCUT2D eigenvalue weighted by molar-refractivity contribution is 5.72. The van der Waals surface area contributed by atoms with Crippen LogP contribution >= 0.6 is 0 Å². The lowest BCUT2D eigenvalue weighted by molar-refractivity contribution is -0.0172. The van der Waals surface area contributed by atoms with E-state index < -0.39 is 11.7 Å². The maximum absolute atomic E-state index is 13.8. The van der Waals surface area contributed by atoms with Crippen LogP contribution in [0.5, 0.6) is 0 Å². The van der Waals surface area contributed by atoms with E-state index in [9.17, 15) is 13.2 Å². The van der Waals surface area contributed by atoms with E-state index in [0.29, 0.717) is 0 Å². The van der Waals surface area contributed by atoms with Gasteiger partial charge in [0.15, 0.2) is 0 Å². The smallest absolute Gasteiger partial charge is 0.282 e. The SMILES string of the molecule is NC1=N[C@@H](CCC(F)(F)c2ccc(F)cc2)CO1. The molecule has 0 bridgehead atoms. The van der Waals surface area contributed by atoms with Crippen molar-refractivity contribution in [1.29, 1.82) is 0 Å². The molecule has 98 valence electrons. The molecule has 0 radical (unpaired) electrons. The largest absolute Gasteiger partial charge is 0.463 e. The third-order valence-electron chi connectivity index (χ3n) is 2.79.